The molecule has 0 aromatic heterocycles. The minimum atomic E-state index is 0.378. The Hall–Kier alpha value is -1.06. The van der Waals surface area contributed by atoms with Crippen LogP contribution in [-0.2, 0) is 0 Å². The summed E-state index contributed by atoms with van der Waals surface area (Å²) in [6.07, 6.45) is 5.46. The van der Waals surface area contributed by atoms with Crippen LogP contribution < -0.4 is 10.1 Å². The van der Waals surface area contributed by atoms with Crippen LogP contribution in [0.15, 0.2) is 24.3 Å². The third-order valence-corrected chi connectivity index (χ3v) is 4.69. The molecule has 0 spiro atoms. The van der Waals surface area contributed by atoms with E-state index >= 15 is 0 Å². The number of piperidine rings is 1. The monoisotopic (exact) mass is 290 g/mol. The minimum absolute atomic E-state index is 0.378. The van der Waals surface area contributed by atoms with Crippen molar-refractivity contribution < 1.29 is 4.74 Å². The van der Waals surface area contributed by atoms with Crippen molar-refractivity contribution in [2.24, 2.45) is 5.92 Å². The van der Waals surface area contributed by atoms with Gasteiger partial charge in [0.25, 0.3) is 0 Å². The number of hydrogen-bond acceptors (Lipinski definition) is 3. The molecule has 1 aromatic rings. The quantitative estimate of drug-likeness (QED) is 0.832. The average molecular weight is 290 g/mol. The zero-order valence-electron chi connectivity index (χ0n) is 13.8. The first-order valence-corrected chi connectivity index (χ1v) is 8.30. The van der Waals surface area contributed by atoms with E-state index in [9.17, 15) is 0 Å². The van der Waals surface area contributed by atoms with Gasteiger partial charge in [-0.25, -0.2) is 0 Å². The Morgan fingerprint density at radius 3 is 2.71 bits per heavy atom. The van der Waals surface area contributed by atoms with Gasteiger partial charge in [0.15, 0.2) is 0 Å². The maximum absolute atomic E-state index is 5.34. The molecule has 1 heterocycles. The largest absolute Gasteiger partial charge is 0.497 e. The summed E-state index contributed by atoms with van der Waals surface area (Å²) in [7, 11) is 3.78. The number of nitrogens with zero attached hydrogens (tertiary/aromatic N) is 1. The number of benzene rings is 1. The molecule has 3 nitrogen and oxygen atoms in total. The maximum Gasteiger partial charge on any atom is 0.119 e. The fourth-order valence-corrected chi connectivity index (χ4v) is 3.35. The summed E-state index contributed by atoms with van der Waals surface area (Å²) in [4.78, 5) is 2.60. The van der Waals surface area contributed by atoms with Crippen LogP contribution in [0.3, 0.4) is 0 Å². The molecule has 0 amide bonds. The molecule has 1 aromatic carbocycles. The molecule has 0 saturated carbocycles. The number of ether oxygens (including phenoxy) is 1. The van der Waals surface area contributed by atoms with Gasteiger partial charge in [0.1, 0.15) is 5.75 Å². The number of methoxy groups -OCH3 is 1. The third kappa shape index (κ3) is 4.72. The fraction of sp³-hybridized carbons (Fsp3) is 0.667. The van der Waals surface area contributed by atoms with Crippen LogP contribution in [0.2, 0.25) is 0 Å². The fourth-order valence-electron chi connectivity index (χ4n) is 3.35. The lowest BCUT2D eigenvalue weighted by atomic mass is 9.92. The summed E-state index contributed by atoms with van der Waals surface area (Å²) in [5.74, 6) is 1.89. The highest BCUT2D eigenvalue weighted by molar-refractivity contribution is 5.30. The first kappa shape index (κ1) is 16.3. The van der Waals surface area contributed by atoms with Gasteiger partial charge in [-0.3, -0.25) is 0 Å². The lowest BCUT2D eigenvalue weighted by molar-refractivity contribution is 0.165. The second-order valence-electron chi connectivity index (χ2n) is 6.15. The van der Waals surface area contributed by atoms with E-state index in [1.54, 1.807) is 7.11 Å². The molecule has 3 heteroatoms. The van der Waals surface area contributed by atoms with Crippen LogP contribution in [0.1, 0.15) is 44.2 Å². The van der Waals surface area contributed by atoms with Crippen molar-refractivity contribution >= 4 is 0 Å². The lowest BCUT2D eigenvalue weighted by Crippen LogP contribution is -2.39. The molecule has 118 valence electrons. The van der Waals surface area contributed by atoms with Crippen LogP contribution in [0.25, 0.3) is 0 Å². The van der Waals surface area contributed by atoms with Crippen molar-refractivity contribution in [3.8, 4) is 5.75 Å². The predicted octanol–water partition coefficient (Wildman–Crippen LogP) is 3.47. The van der Waals surface area contributed by atoms with Crippen molar-refractivity contribution in [2.45, 2.75) is 38.6 Å². The minimum Gasteiger partial charge on any atom is -0.497 e. The van der Waals surface area contributed by atoms with Crippen molar-refractivity contribution in [3.63, 3.8) is 0 Å². The molecule has 1 atom stereocenters. The van der Waals surface area contributed by atoms with E-state index in [1.165, 1.54) is 44.3 Å². The Morgan fingerprint density at radius 2 is 2.10 bits per heavy atom. The summed E-state index contributed by atoms with van der Waals surface area (Å²) >= 11 is 0. The van der Waals surface area contributed by atoms with Gasteiger partial charge in [0.2, 0.25) is 0 Å². The Balaban J connectivity index is 1.90. The molecule has 0 aliphatic carbocycles. The predicted molar refractivity (Wildman–Crippen MR) is 88.9 cm³/mol. The molecule has 1 saturated heterocycles. The lowest BCUT2D eigenvalue weighted by Gasteiger charge is -2.34. The van der Waals surface area contributed by atoms with E-state index in [1.807, 2.05) is 13.1 Å². The van der Waals surface area contributed by atoms with Gasteiger partial charge < -0.3 is 15.0 Å². The Bertz CT molecular complexity index is 413. The zero-order chi connectivity index (χ0) is 15.1. The zero-order valence-corrected chi connectivity index (χ0v) is 13.8. The molecule has 1 aliphatic rings. The van der Waals surface area contributed by atoms with E-state index in [2.05, 4.69) is 35.3 Å². The molecule has 21 heavy (non-hydrogen) atoms. The van der Waals surface area contributed by atoms with Crippen molar-refractivity contribution in [2.75, 3.05) is 33.8 Å². The van der Waals surface area contributed by atoms with Crippen molar-refractivity contribution in [1.82, 2.24) is 10.2 Å². The average Bonchev–Trinajstić information content (AvgIpc) is 2.54. The SMILES string of the molecule is CCCC1CCN(CC(NC)c2cccc(OC)c2)CC1. The number of hydrogen-bond donors (Lipinski definition) is 1. The summed E-state index contributed by atoms with van der Waals surface area (Å²) < 4.78 is 5.34. The normalized spacial score (nSPS) is 18.6. The summed E-state index contributed by atoms with van der Waals surface area (Å²) in [6, 6.07) is 8.79. The number of nitrogens with one attached hydrogen (secondary N) is 1. The van der Waals surface area contributed by atoms with E-state index in [4.69, 9.17) is 4.74 Å². The summed E-state index contributed by atoms with van der Waals surface area (Å²) in [5.41, 5.74) is 1.31. The van der Waals surface area contributed by atoms with Crippen molar-refractivity contribution in [1.29, 1.82) is 0 Å². The second kappa shape index (κ2) is 8.40. The molecule has 0 bridgehead atoms. The van der Waals surface area contributed by atoms with Crippen LogP contribution in [0.4, 0.5) is 0 Å². The molecule has 1 unspecified atom stereocenters. The topological polar surface area (TPSA) is 24.5 Å². The van der Waals surface area contributed by atoms with Gasteiger partial charge in [-0.2, -0.15) is 0 Å². The summed E-state index contributed by atoms with van der Waals surface area (Å²) in [5, 5.41) is 3.46. The first-order valence-electron chi connectivity index (χ1n) is 8.30. The van der Waals surface area contributed by atoms with Crippen molar-refractivity contribution in [3.05, 3.63) is 29.8 Å². The summed E-state index contributed by atoms with van der Waals surface area (Å²) in [6.45, 7) is 5.87. The van der Waals surface area contributed by atoms with E-state index < -0.39 is 0 Å². The van der Waals surface area contributed by atoms with E-state index in [0.29, 0.717) is 6.04 Å². The smallest absolute Gasteiger partial charge is 0.119 e. The Labute approximate surface area is 129 Å². The van der Waals surface area contributed by atoms with Gasteiger partial charge >= 0.3 is 0 Å². The molecule has 2 rings (SSSR count). The second-order valence-corrected chi connectivity index (χ2v) is 6.15. The van der Waals surface area contributed by atoms with Gasteiger partial charge in [0, 0.05) is 12.6 Å². The highest BCUT2D eigenvalue weighted by Gasteiger charge is 2.21. The number of rotatable bonds is 7. The first-order chi connectivity index (χ1) is 10.3. The highest BCUT2D eigenvalue weighted by Crippen LogP contribution is 2.25. The highest BCUT2D eigenvalue weighted by atomic mass is 16.5. The van der Waals surface area contributed by atoms with Gasteiger partial charge in [-0.15, -0.1) is 0 Å². The molecule has 0 radical (unpaired) electrons. The molecular weight excluding hydrogens is 260 g/mol. The third-order valence-electron chi connectivity index (χ3n) is 4.69. The van der Waals surface area contributed by atoms with Gasteiger partial charge in [-0.1, -0.05) is 31.9 Å². The van der Waals surface area contributed by atoms with Crippen LogP contribution in [0.5, 0.6) is 5.75 Å². The maximum atomic E-state index is 5.34. The Kier molecular flexibility index (Phi) is 6.52. The molecular formula is C18H30N2O. The molecule has 1 aliphatic heterocycles. The van der Waals surface area contributed by atoms with E-state index in [-0.39, 0.29) is 0 Å². The Morgan fingerprint density at radius 1 is 1.33 bits per heavy atom. The molecule has 1 fully saturated rings. The van der Waals surface area contributed by atoms with Gasteiger partial charge in [-0.05, 0) is 56.6 Å². The van der Waals surface area contributed by atoms with Crippen LogP contribution >= 0.6 is 0 Å². The number of likely N-dealkylation sites (N-methyl/N-ethyl adjacent to an activating group) is 1. The number of likely N-dealkylation sites (tertiary alicyclic amines) is 1. The van der Waals surface area contributed by atoms with Crippen LogP contribution in [0, 0.1) is 5.92 Å². The van der Waals surface area contributed by atoms with Gasteiger partial charge in [0.05, 0.1) is 7.11 Å². The van der Waals surface area contributed by atoms with Crippen LogP contribution in [-0.4, -0.2) is 38.7 Å². The molecule has 1 N–H and O–H groups in total. The standard InChI is InChI=1S/C18H30N2O/c1-4-6-15-9-11-20(12-10-15)14-18(19-2)16-7-5-8-17(13-16)21-3/h5,7-8,13,15,18-19H,4,6,9-12,14H2,1-3H3. The van der Waals surface area contributed by atoms with E-state index in [0.717, 1.165) is 18.2 Å².